The minimum absolute atomic E-state index is 0.192. The lowest BCUT2D eigenvalue weighted by Crippen LogP contribution is -2.40. The van der Waals surface area contributed by atoms with Crippen molar-refractivity contribution in [3.05, 3.63) is 36.8 Å². The highest BCUT2D eigenvalue weighted by molar-refractivity contribution is 6.04. The first kappa shape index (κ1) is 15.9. The number of rotatable bonds is 6. The zero-order valence-corrected chi connectivity index (χ0v) is 13.0. The first-order valence-electron chi connectivity index (χ1n) is 7.67. The fourth-order valence-corrected chi connectivity index (χ4v) is 2.47. The summed E-state index contributed by atoms with van der Waals surface area (Å²) in [5.41, 5.74) is 1.80. The van der Waals surface area contributed by atoms with Gasteiger partial charge in [-0.25, -0.2) is 0 Å². The third-order valence-corrected chi connectivity index (χ3v) is 3.74. The Hall–Kier alpha value is -3.03. The van der Waals surface area contributed by atoms with Crippen molar-refractivity contribution in [1.82, 2.24) is 25.0 Å². The zero-order valence-electron chi connectivity index (χ0n) is 13.0. The van der Waals surface area contributed by atoms with E-state index in [2.05, 4.69) is 15.4 Å². The molecule has 8 heteroatoms. The van der Waals surface area contributed by atoms with Crippen molar-refractivity contribution in [1.29, 1.82) is 0 Å². The molecule has 1 N–H and O–H groups in total. The monoisotopic (exact) mass is 327 g/mol. The molecule has 0 bridgehead atoms. The SMILES string of the molecule is O=C(CN1C(=O)CCC1=O)NCCn1ccc(-c2ccncc2)n1. The van der Waals surface area contributed by atoms with Gasteiger partial charge in [-0.2, -0.15) is 5.10 Å². The Labute approximate surface area is 138 Å². The average molecular weight is 327 g/mol. The molecule has 24 heavy (non-hydrogen) atoms. The predicted octanol–water partition coefficient (Wildman–Crippen LogP) is 0.210. The van der Waals surface area contributed by atoms with E-state index in [1.54, 1.807) is 17.1 Å². The van der Waals surface area contributed by atoms with Crippen LogP contribution in [0.2, 0.25) is 0 Å². The van der Waals surface area contributed by atoms with Crippen molar-refractivity contribution in [3.8, 4) is 11.3 Å². The Morgan fingerprint density at radius 1 is 1.12 bits per heavy atom. The zero-order chi connectivity index (χ0) is 16.9. The minimum atomic E-state index is -0.347. The molecule has 0 radical (unpaired) electrons. The number of pyridine rings is 1. The minimum Gasteiger partial charge on any atom is -0.353 e. The van der Waals surface area contributed by atoms with Crippen LogP contribution in [0.4, 0.5) is 0 Å². The lowest BCUT2D eigenvalue weighted by molar-refractivity contribution is -0.142. The van der Waals surface area contributed by atoms with Gasteiger partial charge in [0.15, 0.2) is 0 Å². The first-order chi connectivity index (χ1) is 11.6. The van der Waals surface area contributed by atoms with E-state index in [4.69, 9.17) is 0 Å². The van der Waals surface area contributed by atoms with Crippen LogP contribution in [-0.2, 0) is 20.9 Å². The van der Waals surface area contributed by atoms with Crippen molar-refractivity contribution in [2.45, 2.75) is 19.4 Å². The smallest absolute Gasteiger partial charge is 0.240 e. The number of carbonyl (C=O) groups is 3. The highest BCUT2D eigenvalue weighted by Crippen LogP contribution is 2.14. The number of nitrogens with zero attached hydrogens (tertiary/aromatic N) is 4. The van der Waals surface area contributed by atoms with Crippen LogP contribution in [0.5, 0.6) is 0 Å². The fourth-order valence-electron chi connectivity index (χ4n) is 2.47. The van der Waals surface area contributed by atoms with E-state index >= 15 is 0 Å². The number of imide groups is 1. The Kier molecular flexibility index (Phi) is 4.64. The second-order valence-corrected chi connectivity index (χ2v) is 5.42. The normalized spacial score (nSPS) is 14.2. The Morgan fingerprint density at radius 2 is 1.83 bits per heavy atom. The molecule has 2 aromatic rings. The van der Waals surface area contributed by atoms with E-state index < -0.39 is 0 Å². The topological polar surface area (TPSA) is 97.2 Å². The van der Waals surface area contributed by atoms with Gasteiger partial charge in [0, 0.05) is 43.5 Å². The summed E-state index contributed by atoms with van der Waals surface area (Å²) in [6, 6.07) is 5.63. The van der Waals surface area contributed by atoms with Crippen LogP contribution in [0.3, 0.4) is 0 Å². The highest BCUT2D eigenvalue weighted by atomic mass is 16.2. The number of hydrogen-bond donors (Lipinski definition) is 1. The molecule has 8 nitrogen and oxygen atoms in total. The van der Waals surface area contributed by atoms with Crippen LogP contribution in [0.15, 0.2) is 36.8 Å². The molecule has 0 aliphatic carbocycles. The van der Waals surface area contributed by atoms with E-state index in [9.17, 15) is 14.4 Å². The quantitative estimate of drug-likeness (QED) is 0.765. The molecule has 1 fully saturated rings. The van der Waals surface area contributed by atoms with Crippen molar-refractivity contribution >= 4 is 17.7 Å². The van der Waals surface area contributed by atoms with Crippen molar-refractivity contribution < 1.29 is 14.4 Å². The number of hydrogen-bond acceptors (Lipinski definition) is 5. The molecule has 1 aliphatic heterocycles. The summed E-state index contributed by atoms with van der Waals surface area (Å²) in [5.74, 6) is -0.923. The van der Waals surface area contributed by atoms with Crippen LogP contribution in [0.1, 0.15) is 12.8 Å². The van der Waals surface area contributed by atoms with Gasteiger partial charge in [-0.3, -0.25) is 28.9 Å². The summed E-state index contributed by atoms with van der Waals surface area (Å²) in [5, 5.41) is 7.12. The molecule has 0 unspecified atom stereocenters. The van der Waals surface area contributed by atoms with E-state index in [-0.39, 0.29) is 37.1 Å². The lowest BCUT2D eigenvalue weighted by atomic mass is 10.2. The van der Waals surface area contributed by atoms with Gasteiger partial charge in [-0.15, -0.1) is 0 Å². The van der Waals surface area contributed by atoms with E-state index in [1.807, 2.05) is 24.4 Å². The number of carbonyl (C=O) groups excluding carboxylic acids is 3. The van der Waals surface area contributed by atoms with Gasteiger partial charge in [0.2, 0.25) is 17.7 Å². The van der Waals surface area contributed by atoms with Crippen molar-refractivity contribution in [3.63, 3.8) is 0 Å². The number of nitrogens with one attached hydrogen (secondary N) is 1. The maximum absolute atomic E-state index is 11.8. The third kappa shape index (κ3) is 3.65. The predicted molar refractivity (Wildman–Crippen MR) is 84.4 cm³/mol. The Morgan fingerprint density at radius 3 is 2.54 bits per heavy atom. The lowest BCUT2D eigenvalue weighted by Gasteiger charge is -2.13. The van der Waals surface area contributed by atoms with E-state index in [0.29, 0.717) is 13.1 Å². The Bertz CT molecular complexity index is 740. The van der Waals surface area contributed by atoms with Crippen molar-refractivity contribution in [2.75, 3.05) is 13.1 Å². The molecule has 1 saturated heterocycles. The van der Waals surface area contributed by atoms with Gasteiger partial charge in [-0.1, -0.05) is 0 Å². The molecular weight excluding hydrogens is 310 g/mol. The van der Waals surface area contributed by atoms with Crippen molar-refractivity contribution in [2.24, 2.45) is 0 Å². The second-order valence-electron chi connectivity index (χ2n) is 5.42. The number of likely N-dealkylation sites (tertiary alicyclic amines) is 1. The standard InChI is InChI=1S/C16H17N5O3/c22-14(11-21-15(23)1-2-16(21)24)18-8-10-20-9-5-13(19-20)12-3-6-17-7-4-12/h3-7,9H,1-2,8,10-11H2,(H,18,22). The molecular formula is C16H17N5O3. The molecule has 0 spiro atoms. The third-order valence-electron chi connectivity index (χ3n) is 3.74. The van der Waals surface area contributed by atoms with Gasteiger partial charge in [0.25, 0.3) is 0 Å². The van der Waals surface area contributed by atoms with Crippen LogP contribution < -0.4 is 5.32 Å². The van der Waals surface area contributed by atoms with Gasteiger partial charge in [0.05, 0.1) is 12.2 Å². The molecule has 1 aliphatic rings. The van der Waals surface area contributed by atoms with Gasteiger partial charge in [-0.05, 0) is 18.2 Å². The molecule has 0 atom stereocenters. The summed E-state index contributed by atoms with van der Waals surface area (Å²) < 4.78 is 1.72. The number of amides is 3. The van der Waals surface area contributed by atoms with Gasteiger partial charge in [0.1, 0.15) is 6.54 Å². The fraction of sp³-hybridized carbons (Fsp3) is 0.312. The highest BCUT2D eigenvalue weighted by Gasteiger charge is 2.30. The summed E-state index contributed by atoms with van der Waals surface area (Å²) >= 11 is 0. The maximum Gasteiger partial charge on any atom is 0.240 e. The van der Waals surface area contributed by atoms with E-state index in [0.717, 1.165) is 16.2 Å². The largest absolute Gasteiger partial charge is 0.353 e. The molecule has 2 aromatic heterocycles. The molecule has 124 valence electrons. The Balaban J connectivity index is 1.47. The number of aromatic nitrogens is 3. The summed E-state index contributed by atoms with van der Waals surface area (Å²) in [6.45, 7) is 0.657. The molecule has 0 saturated carbocycles. The molecule has 3 heterocycles. The van der Waals surface area contributed by atoms with Crippen LogP contribution in [0.25, 0.3) is 11.3 Å². The van der Waals surface area contributed by atoms with Gasteiger partial charge < -0.3 is 5.32 Å². The molecule has 0 aromatic carbocycles. The summed E-state index contributed by atoms with van der Waals surface area (Å²) in [4.78, 5) is 39.7. The van der Waals surface area contributed by atoms with Crippen LogP contribution >= 0.6 is 0 Å². The summed E-state index contributed by atoms with van der Waals surface area (Å²) in [6.07, 6.45) is 5.62. The second kappa shape index (κ2) is 7.03. The van der Waals surface area contributed by atoms with Crippen LogP contribution in [0, 0.1) is 0 Å². The molecule has 3 rings (SSSR count). The van der Waals surface area contributed by atoms with Crippen LogP contribution in [-0.4, -0.2) is 50.5 Å². The maximum atomic E-state index is 11.8. The average Bonchev–Trinajstić information content (AvgIpc) is 3.18. The van der Waals surface area contributed by atoms with E-state index in [1.165, 1.54) is 0 Å². The molecule has 3 amide bonds. The first-order valence-corrected chi connectivity index (χ1v) is 7.67. The van der Waals surface area contributed by atoms with Gasteiger partial charge >= 0.3 is 0 Å². The summed E-state index contributed by atoms with van der Waals surface area (Å²) in [7, 11) is 0.